The fourth-order valence-electron chi connectivity index (χ4n) is 2.88. The number of carbonyl (C=O) groups excluding carboxylic acids is 1. The van der Waals surface area contributed by atoms with Crippen LogP contribution in [0.1, 0.15) is 32.3 Å². The van der Waals surface area contributed by atoms with Crippen molar-refractivity contribution in [1.82, 2.24) is 0 Å². The van der Waals surface area contributed by atoms with Crippen LogP contribution in [0.5, 0.6) is 11.5 Å². The minimum atomic E-state index is 0.00650. The van der Waals surface area contributed by atoms with Gasteiger partial charge in [0, 0.05) is 30.9 Å². The van der Waals surface area contributed by atoms with E-state index in [1.807, 2.05) is 37.3 Å². The third-order valence-electron chi connectivity index (χ3n) is 4.49. The molecule has 0 unspecified atom stereocenters. The second-order valence-electron chi connectivity index (χ2n) is 6.35. The van der Waals surface area contributed by atoms with Crippen LogP contribution in [0.4, 0.5) is 11.4 Å². The second-order valence-corrected chi connectivity index (χ2v) is 6.35. The molecule has 0 saturated heterocycles. The number of carbonyl (C=O) groups is 1. The Labute approximate surface area is 162 Å². The molecular formula is C22H30N2O3. The number of aryl methyl sites for hydroxylation is 1. The van der Waals surface area contributed by atoms with Gasteiger partial charge in [-0.1, -0.05) is 0 Å². The molecule has 0 radical (unpaired) electrons. The Kier molecular flexibility index (Phi) is 7.99. The van der Waals surface area contributed by atoms with Gasteiger partial charge in [0.1, 0.15) is 11.5 Å². The van der Waals surface area contributed by atoms with E-state index in [4.69, 9.17) is 9.47 Å². The van der Waals surface area contributed by atoms with Crippen LogP contribution in [0.2, 0.25) is 0 Å². The summed E-state index contributed by atoms with van der Waals surface area (Å²) in [4.78, 5) is 14.5. The first-order chi connectivity index (χ1) is 13.1. The van der Waals surface area contributed by atoms with Gasteiger partial charge >= 0.3 is 0 Å². The van der Waals surface area contributed by atoms with Crippen molar-refractivity contribution in [2.24, 2.45) is 0 Å². The van der Waals surface area contributed by atoms with E-state index >= 15 is 0 Å². The first-order valence-corrected chi connectivity index (χ1v) is 9.49. The average molecular weight is 370 g/mol. The van der Waals surface area contributed by atoms with E-state index in [1.165, 1.54) is 5.69 Å². The van der Waals surface area contributed by atoms with Crippen molar-refractivity contribution in [2.75, 3.05) is 37.0 Å². The smallest absolute Gasteiger partial charge is 0.224 e. The Balaban J connectivity index is 1.78. The molecule has 5 heteroatoms. The van der Waals surface area contributed by atoms with Gasteiger partial charge in [-0.05, 0) is 75.2 Å². The summed E-state index contributed by atoms with van der Waals surface area (Å²) in [6, 6.07) is 13.6. The summed E-state index contributed by atoms with van der Waals surface area (Å²) in [5.74, 6) is 1.58. The van der Waals surface area contributed by atoms with Crippen LogP contribution in [-0.4, -0.2) is 32.7 Å². The number of nitrogens with zero attached hydrogens (tertiary/aromatic N) is 1. The Hall–Kier alpha value is -2.69. The van der Waals surface area contributed by atoms with E-state index in [1.54, 1.807) is 7.11 Å². The zero-order chi connectivity index (χ0) is 19.6. The molecule has 2 aromatic carbocycles. The fraction of sp³-hybridized carbons (Fsp3) is 0.409. The van der Waals surface area contributed by atoms with Crippen molar-refractivity contribution >= 4 is 17.3 Å². The van der Waals surface area contributed by atoms with Crippen LogP contribution < -0.4 is 19.7 Å². The molecule has 146 valence electrons. The molecule has 0 aliphatic carbocycles. The van der Waals surface area contributed by atoms with Crippen LogP contribution in [0, 0.1) is 6.92 Å². The summed E-state index contributed by atoms with van der Waals surface area (Å²) in [6.07, 6.45) is 1.09. The lowest BCUT2D eigenvalue weighted by Crippen LogP contribution is -2.22. The van der Waals surface area contributed by atoms with Gasteiger partial charge in [0.15, 0.2) is 0 Å². The van der Waals surface area contributed by atoms with Crippen molar-refractivity contribution in [3.05, 3.63) is 48.0 Å². The van der Waals surface area contributed by atoms with E-state index in [9.17, 15) is 4.79 Å². The molecule has 2 rings (SSSR count). The lowest BCUT2D eigenvalue weighted by molar-refractivity contribution is -0.116. The van der Waals surface area contributed by atoms with Crippen LogP contribution in [-0.2, 0) is 4.79 Å². The Bertz CT molecular complexity index is 725. The van der Waals surface area contributed by atoms with Crippen molar-refractivity contribution in [2.45, 2.75) is 33.6 Å². The van der Waals surface area contributed by atoms with E-state index in [-0.39, 0.29) is 5.91 Å². The van der Waals surface area contributed by atoms with Gasteiger partial charge in [-0.25, -0.2) is 0 Å². The van der Waals surface area contributed by atoms with Crippen molar-refractivity contribution in [3.63, 3.8) is 0 Å². The number of ether oxygens (including phenoxy) is 2. The van der Waals surface area contributed by atoms with Gasteiger partial charge < -0.3 is 19.7 Å². The number of anilines is 2. The molecule has 0 fully saturated rings. The van der Waals surface area contributed by atoms with Gasteiger partial charge in [-0.15, -0.1) is 0 Å². The molecule has 1 N–H and O–H groups in total. The lowest BCUT2D eigenvalue weighted by Gasteiger charge is -2.22. The number of benzene rings is 2. The van der Waals surface area contributed by atoms with Crippen LogP contribution in [0.15, 0.2) is 42.5 Å². The molecule has 0 heterocycles. The molecule has 5 nitrogen and oxygen atoms in total. The number of rotatable bonds is 10. The molecule has 1 amide bonds. The summed E-state index contributed by atoms with van der Waals surface area (Å²) in [7, 11) is 1.63. The number of hydrogen-bond acceptors (Lipinski definition) is 4. The van der Waals surface area contributed by atoms with Crippen LogP contribution in [0.3, 0.4) is 0 Å². The molecule has 0 saturated carbocycles. The minimum absolute atomic E-state index is 0.00650. The molecule has 0 spiro atoms. The monoisotopic (exact) mass is 370 g/mol. The molecule has 0 aliphatic rings. The topological polar surface area (TPSA) is 50.8 Å². The van der Waals surface area contributed by atoms with Crippen LogP contribution >= 0.6 is 0 Å². The Morgan fingerprint density at radius 2 is 1.70 bits per heavy atom. The molecule has 27 heavy (non-hydrogen) atoms. The normalized spacial score (nSPS) is 10.4. The highest BCUT2D eigenvalue weighted by Gasteiger charge is 2.08. The third-order valence-corrected chi connectivity index (χ3v) is 4.49. The Morgan fingerprint density at radius 1 is 1.04 bits per heavy atom. The summed E-state index contributed by atoms with van der Waals surface area (Å²) in [5, 5.41) is 3.00. The zero-order valence-electron chi connectivity index (χ0n) is 16.7. The van der Waals surface area contributed by atoms with E-state index < -0.39 is 0 Å². The highest BCUT2D eigenvalue weighted by atomic mass is 16.5. The van der Waals surface area contributed by atoms with Crippen molar-refractivity contribution in [3.8, 4) is 11.5 Å². The number of hydrogen-bond donors (Lipinski definition) is 1. The van der Waals surface area contributed by atoms with Gasteiger partial charge in [0.05, 0.1) is 13.7 Å². The largest absolute Gasteiger partial charge is 0.497 e. The van der Waals surface area contributed by atoms with E-state index in [0.29, 0.717) is 19.4 Å². The predicted octanol–water partition coefficient (Wildman–Crippen LogP) is 4.65. The SMILES string of the molecule is CCN(CC)c1ccc(NC(=O)CCCOc2ccc(OC)cc2)c(C)c1. The predicted molar refractivity (Wildman–Crippen MR) is 111 cm³/mol. The number of amides is 1. The zero-order valence-corrected chi connectivity index (χ0v) is 16.7. The Morgan fingerprint density at radius 3 is 2.30 bits per heavy atom. The summed E-state index contributed by atoms with van der Waals surface area (Å²) >= 11 is 0. The molecule has 0 aliphatic heterocycles. The molecule has 0 atom stereocenters. The standard InChI is InChI=1S/C22H30N2O3/c1-5-24(6-2)18-9-14-21(17(3)16-18)23-22(25)8-7-15-27-20-12-10-19(26-4)11-13-20/h9-14,16H,5-8,15H2,1-4H3,(H,23,25). The number of nitrogens with one attached hydrogen (secondary N) is 1. The van der Waals surface area contributed by atoms with Crippen molar-refractivity contribution < 1.29 is 14.3 Å². The van der Waals surface area contributed by atoms with Gasteiger partial charge in [0.25, 0.3) is 0 Å². The second kappa shape index (κ2) is 10.5. The first-order valence-electron chi connectivity index (χ1n) is 9.49. The van der Waals surface area contributed by atoms with E-state index in [0.717, 1.165) is 35.8 Å². The summed E-state index contributed by atoms with van der Waals surface area (Å²) < 4.78 is 10.8. The molecule has 0 bridgehead atoms. The fourth-order valence-corrected chi connectivity index (χ4v) is 2.88. The molecular weight excluding hydrogens is 340 g/mol. The first kappa shape index (κ1) is 20.6. The number of methoxy groups -OCH3 is 1. The summed E-state index contributed by atoms with van der Waals surface area (Å²) in [5.41, 5.74) is 3.12. The van der Waals surface area contributed by atoms with Gasteiger partial charge in [-0.2, -0.15) is 0 Å². The highest BCUT2D eigenvalue weighted by molar-refractivity contribution is 5.91. The highest BCUT2D eigenvalue weighted by Crippen LogP contribution is 2.23. The maximum Gasteiger partial charge on any atom is 0.224 e. The minimum Gasteiger partial charge on any atom is -0.497 e. The molecule has 2 aromatic rings. The maximum atomic E-state index is 12.2. The van der Waals surface area contributed by atoms with Gasteiger partial charge in [-0.3, -0.25) is 4.79 Å². The van der Waals surface area contributed by atoms with E-state index in [2.05, 4.69) is 36.2 Å². The molecule has 0 aromatic heterocycles. The van der Waals surface area contributed by atoms with Crippen LogP contribution in [0.25, 0.3) is 0 Å². The maximum absolute atomic E-state index is 12.2. The third kappa shape index (κ3) is 6.20. The quantitative estimate of drug-likeness (QED) is 0.619. The van der Waals surface area contributed by atoms with Gasteiger partial charge in [0.2, 0.25) is 5.91 Å². The summed E-state index contributed by atoms with van der Waals surface area (Å²) in [6.45, 7) is 8.74. The van der Waals surface area contributed by atoms with Crippen molar-refractivity contribution in [1.29, 1.82) is 0 Å². The average Bonchev–Trinajstić information content (AvgIpc) is 2.68. The lowest BCUT2D eigenvalue weighted by atomic mass is 10.1.